The molecule has 1 aliphatic rings. The van der Waals surface area contributed by atoms with Gasteiger partial charge in [0.15, 0.2) is 5.82 Å². The molecule has 0 radical (unpaired) electrons. The Balaban J connectivity index is 1.45. The van der Waals surface area contributed by atoms with E-state index in [0.717, 1.165) is 0 Å². The zero-order valence-corrected chi connectivity index (χ0v) is 19.0. The van der Waals surface area contributed by atoms with Gasteiger partial charge in [-0.3, -0.25) is 9.59 Å². The normalized spacial score (nSPS) is 14.8. The number of piperazine rings is 1. The molecule has 7 nitrogen and oxygen atoms in total. The van der Waals surface area contributed by atoms with Gasteiger partial charge in [0.2, 0.25) is 11.8 Å². The zero-order chi connectivity index (χ0) is 21.9. The van der Waals surface area contributed by atoms with Crippen LogP contribution in [-0.2, 0) is 16.6 Å². The highest BCUT2D eigenvalue weighted by Gasteiger charge is 2.25. The summed E-state index contributed by atoms with van der Waals surface area (Å²) in [5.41, 5.74) is 0.298. The average Bonchev–Trinajstić information content (AvgIpc) is 3.16. The highest BCUT2D eigenvalue weighted by Crippen LogP contribution is 2.21. The predicted molar refractivity (Wildman–Crippen MR) is 115 cm³/mol. The molecule has 2 amide bonds. The lowest BCUT2D eigenvalue weighted by molar-refractivity contribution is -0.132. The van der Waals surface area contributed by atoms with Crippen molar-refractivity contribution >= 4 is 35.0 Å². The Labute approximate surface area is 186 Å². The molecule has 2 aromatic rings. The van der Waals surface area contributed by atoms with Crippen LogP contribution in [-0.4, -0.2) is 57.9 Å². The Hall–Kier alpha value is -2.12. The Morgan fingerprint density at radius 3 is 2.20 bits per heavy atom. The van der Waals surface area contributed by atoms with Crippen molar-refractivity contribution in [2.24, 2.45) is 0 Å². The second-order valence-electron chi connectivity index (χ2n) is 8.45. The number of carbonyl (C=O) groups is 2. The molecule has 0 saturated carbocycles. The molecule has 0 atom stereocenters. The van der Waals surface area contributed by atoms with Crippen molar-refractivity contribution in [3.05, 3.63) is 45.5 Å². The fraction of sp³-hybridized carbons (Fsp3) is 0.524. The molecule has 0 aliphatic carbocycles. The molecule has 3 rings (SSSR count). The van der Waals surface area contributed by atoms with Gasteiger partial charge >= 0.3 is 0 Å². The summed E-state index contributed by atoms with van der Waals surface area (Å²) in [4.78, 5) is 33.1. The molecule has 0 unspecified atom stereocenters. The van der Waals surface area contributed by atoms with Crippen LogP contribution in [0, 0.1) is 0 Å². The van der Waals surface area contributed by atoms with Crippen LogP contribution in [0.2, 0.25) is 10.0 Å². The summed E-state index contributed by atoms with van der Waals surface area (Å²) in [6.07, 6.45) is 1.62. The van der Waals surface area contributed by atoms with Crippen molar-refractivity contribution < 1.29 is 14.1 Å². The molecule has 1 aromatic heterocycles. The molecule has 1 fully saturated rings. The summed E-state index contributed by atoms with van der Waals surface area (Å²) < 4.78 is 5.27. The van der Waals surface area contributed by atoms with Gasteiger partial charge in [0.25, 0.3) is 5.91 Å². The standard InChI is InChI=1S/C21H26Cl2N4O3/c1-21(2,3)20-24-17(30-25-20)5-4-6-18(28)26-7-9-27(10-8-26)19(29)14-11-15(22)13-16(23)12-14/h11-13H,4-10H2,1-3H3. The van der Waals surface area contributed by atoms with Crippen LogP contribution in [0.5, 0.6) is 0 Å². The van der Waals surface area contributed by atoms with E-state index in [1.54, 1.807) is 28.0 Å². The van der Waals surface area contributed by atoms with Crippen molar-refractivity contribution in [2.45, 2.75) is 45.4 Å². The van der Waals surface area contributed by atoms with Crippen LogP contribution >= 0.6 is 23.2 Å². The van der Waals surface area contributed by atoms with Gasteiger partial charge in [0.1, 0.15) is 0 Å². The lowest BCUT2D eigenvalue weighted by Gasteiger charge is -2.35. The highest BCUT2D eigenvalue weighted by atomic mass is 35.5. The first-order valence-electron chi connectivity index (χ1n) is 10.00. The number of hydrogen-bond donors (Lipinski definition) is 0. The number of halogens is 2. The largest absolute Gasteiger partial charge is 0.339 e. The molecular formula is C21H26Cl2N4O3. The lowest BCUT2D eigenvalue weighted by atomic mass is 9.96. The smallest absolute Gasteiger partial charge is 0.254 e. The number of amides is 2. The molecule has 9 heteroatoms. The minimum absolute atomic E-state index is 0.0726. The first-order chi connectivity index (χ1) is 14.1. The summed E-state index contributed by atoms with van der Waals surface area (Å²) in [7, 11) is 0. The van der Waals surface area contributed by atoms with Gasteiger partial charge in [0.05, 0.1) is 0 Å². The van der Waals surface area contributed by atoms with Crippen LogP contribution in [0.3, 0.4) is 0 Å². The predicted octanol–water partition coefficient (Wildman–Crippen LogP) is 3.98. The first kappa shape index (κ1) is 22.6. The average molecular weight is 453 g/mol. The summed E-state index contributed by atoms with van der Waals surface area (Å²) in [6.45, 7) is 8.05. The number of carbonyl (C=O) groups excluding carboxylic acids is 2. The SMILES string of the molecule is CC(C)(C)c1noc(CCCC(=O)N2CCN(C(=O)c3cc(Cl)cc(Cl)c3)CC2)n1. The third kappa shape index (κ3) is 5.73. The van der Waals surface area contributed by atoms with Crippen LogP contribution in [0.1, 0.15) is 55.7 Å². The van der Waals surface area contributed by atoms with E-state index in [4.69, 9.17) is 27.7 Å². The van der Waals surface area contributed by atoms with E-state index in [1.807, 2.05) is 20.8 Å². The minimum atomic E-state index is -0.162. The summed E-state index contributed by atoms with van der Waals surface area (Å²) in [5.74, 6) is 1.18. The summed E-state index contributed by atoms with van der Waals surface area (Å²) >= 11 is 12.0. The molecule has 1 aromatic carbocycles. The van der Waals surface area contributed by atoms with E-state index in [1.165, 1.54) is 0 Å². The maximum absolute atomic E-state index is 12.7. The zero-order valence-electron chi connectivity index (χ0n) is 17.5. The maximum atomic E-state index is 12.7. The fourth-order valence-electron chi connectivity index (χ4n) is 3.23. The van der Waals surface area contributed by atoms with Crippen molar-refractivity contribution in [2.75, 3.05) is 26.2 Å². The monoisotopic (exact) mass is 452 g/mol. The third-order valence-corrected chi connectivity index (χ3v) is 5.39. The van der Waals surface area contributed by atoms with Crippen molar-refractivity contribution in [3.8, 4) is 0 Å². The molecule has 30 heavy (non-hydrogen) atoms. The van der Waals surface area contributed by atoms with Gasteiger partial charge in [-0.2, -0.15) is 4.98 Å². The van der Waals surface area contributed by atoms with E-state index >= 15 is 0 Å². The quantitative estimate of drug-likeness (QED) is 0.684. The Bertz CT molecular complexity index is 895. The van der Waals surface area contributed by atoms with Crippen LogP contribution < -0.4 is 0 Å². The van der Waals surface area contributed by atoms with Crippen molar-refractivity contribution in [1.29, 1.82) is 0 Å². The molecule has 2 heterocycles. The van der Waals surface area contributed by atoms with Gasteiger partial charge in [-0.15, -0.1) is 0 Å². The van der Waals surface area contributed by atoms with Crippen LogP contribution in [0.4, 0.5) is 0 Å². The minimum Gasteiger partial charge on any atom is -0.339 e. The van der Waals surface area contributed by atoms with E-state index in [9.17, 15) is 9.59 Å². The van der Waals surface area contributed by atoms with E-state index in [-0.39, 0.29) is 17.2 Å². The van der Waals surface area contributed by atoms with Gasteiger partial charge in [-0.1, -0.05) is 49.1 Å². The van der Waals surface area contributed by atoms with Crippen LogP contribution in [0.25, 0.3) is 0 Å². The van der Waals surface area contributed by atoms with E-state index in [0.29, 0.717) is 72.8 Å². The van der Waals surface area contributed by atoms with Gasteiger partial charge in [-0.05, 0) is 24.6 Å². The molecule has 1 saturated heterocycles. The van der Waals surface area contributed by atoms with Crippen molar-refractivity contribution in [1.82, 2.24) is 19.9 Å². The number of rotatable bonds is 5. The van der Waals surface area contributed by atoms with E-state index < -0.39 is 0 Å². The Morgan fingerprint density at radius 1 is 1.03 bits per heavy atom. The molecule has 0 bridgehead atoms. The van der Waals surface area contributed by atoms with Gasteiger partial charge in [0, 0.05) is 60.0 Å². The number of aryl methyl sites for hydroxylation is 1. The molecule has 0 spiro atoms. The second-order valence-corrected chi connectivity index (χ2v) is 9.32. The molecular weight excluding hydrogens is 427 g/mol. The summed E-state index contributed by atoms with van der Waals surface area (Å²) in [6, 6.07) is 4.81. The number of nitrogens with zero attached hydrogens (tertiary/aromatic N) is 4. The molecule has 162 valence electrons. The van der Waals surface area contributed by atoms with Gasteiger partial charge in [-0.25, -0.2) is 0 Å². The summed E-state index contributed by atoms with van der Waals surface area (Å²) in [5, 5.41) is 4.85. The molecule has 1 aliphatic heterocycles. The Morgan fingerprint density at radius 2 is 1.63 bits per heavy atom. The van der Waals surface area contributed by atoms with Crippen molar-refractivity contribution in [3.63, 3.8) is 0 Å². The fourth-order valence-corrected chi connectivity index (χ4v) is 3.75. The topological polar surface area (TPSA) is 79.5 Å². The highest BCUT2D eigenvalue weighted by molar-refractivity contribution is 6.35. The Kier molecular flexibility index (Phi) is 7.03. The second kappa shape index (κ2) is 9.35. The molecule has 0 N–H and O–H groups in total. The first-order valence-corrected chi connectivity index (χ1v) is 10.8. The van der Waals surface area contributed by atoms with Crippen LogP contribution in [0.15, 0.2) is 22.7 Å². The maximum Gasteiger partial charge on any atom is 0.254 e. The van der Waals surface area contributed by atoms with E-state index in [2.05, 4.69) is 10.1 Å². The number of hydrogen-bond acceptors (Lipinski definition) is 5. The third-order valence-electron chi connectivity index (χ3n) is 4.95. The lowest BCUT2D eigenvalue weighted by Crippen LogP contribution is -2.50. The van der Waals surface area contributed by atoms with Gasteiger partial charge < -0.3 is 14.3 Å². The number of aromatic nitrogens is 2. The number of benzene rings is 1.